The molecule has 1 unspecified atom stereocenters. The maximum atomic E-state index is 11.8. The number of aliphatic hydroxyl groups is 2. The Kier molecular flexibility index (Phi) is 3.97. The molecule has 1 aromatic rings. The van der Waals surface area contributed by atoms with Crippen molar-refractivity contribution in [2.45, 2.75) is 43.9 Å². The first-order valence-electron chi connectivity index (χ1n) is 6.23. The molecule has 21 heavy (non-hydrogen) atoms. The standard InChI is InChI=1S/C12H16N4O5/c1-3-4-12(13)9(19)8(6(2)17)21-10(12)16-11(20)15-7(18)5-14-16/h5-6,8-10,17,19H,13H2,1-2H3,(H,15,18,20)/t6-,8+,9-,10+,12?/m0/s1. The number of ether oxygens (including phenoxy) is 1. The summed E-state index contributed by atoms with van der Waals surface area (Å²) in [7, 11) is 0. The molecule has 1 aliphatic rings. The van der Waals surface area contributed by atoms with Crippen molar-refractivity contribution in [1.82, 2.24) is 14.8 Å². The summed E-state index contributed by atoms with van der Waals surface area (Å²) in [5.74, 6) is 5.15. The van der Waals surface area contributed by atoms with Crippen molar-refractivity contribution in [2.75, 3.05) is 0 Å². The monoisotopic (exact) mass is 296 g/mol. The third-order valence-corrected chi connectivity index (χ3v) is 3.27. The maximum Gasteiger partial charge on any atom is 0.347 e. The quantitative estimate of drug-likeness (QED) is 0.434. The van der Waals surface area contributed by atoms with Crippen LogP contribution < -0.4 is 17.0 Å². The molecule has 0 aromatic carbocycles. The minimum absolute atomic E-state index is 0.675. The van der Waals surface area contributed by atoms with Crippen LogP contribution in [0.15, 0.2) is 15.8 Å². The highest BCUT2D eigenvalue weighted by molar-refractivity contribution is 5.25. The molecular weight excluding hydrogens is 280 g/mol. The van der Waals surface area contributed by atoms with Gasteiger partial charge in [-0.1, -0.05) is 5.92 Å². The summed E-state index contributed by atoms with van der Waals surface area (Å²) in [6.07, 6.45) is -3.78. The molecule has 114 valence electrons. The molecule has 0 spiro atoms. The summed E-state index contributed by atoms with van der Waals surface area (Å²) in [5, 5.41) is 23.6. The second-order valence-corrected chi connectivity index (χ2v) is 4.83. The minimum Gasteiger partial charge on any atom is -0.391 e. The van der Waals surface area contributed by atoms with Crippen LogP contribution in [0.25, 0.3) is 0 Å². The molecule has 0 saturated carbocycles. The van der Waals surface area contributed by atoms with Gasteiger partial charge in [-0.05, 0) is 13.8 Å². The fourth-order valence-electron chi connectivity index (χ4n) is 2.27. The Hall–Kier alpha value is -1.99. The van der Waals surface area contributed by atoms with Gasteiger partial charge in [0.25, 0.3) is 5.56 Å². The van der Waals surface area contributed by atoms with E-state index >= 15 is 0 Å². The van der Waals surface area contributed by atoms with Crippen LogP contribution in [0.1, 0.15) is 20.1 Å². The highest BCUT2D eigenvalue weighted by Gasteiger charge is 2.56. The van der Waals surface area contributed by atoms with Gasteiger partial charge in [-0.25, -0.2) is 4.79 Å². The van der Waals surface area contributed by atoms with Crippen LogP contribution in [-0.2, 0) is 4.74 Å². The van der Waals surface area contributed by atoms with Crippen LogP contribution in [0.2, 0.25) is 0 Å². The van der Waals surface area contributed by atoms with Crippen molar-refractivity contribution in [3.05, 3.63) is 27.0 Å². The van der Waals surface area contributed by atoms with E-state index in [4.69, 9.17) is 10.5 Å². The molecule has 2 rings (SSSR count). The van der Waals surface area contributed by atoms with Crippen LogP contribution in [-0.4, -0.2) is 48.8 Å². The summed E-state index contributed by atoms with van der Waals surface area (Å²) < 4.78 is 6.25. The third-order valence-electron chi connectivity index (χ3n) is 3.27. The van der Waals surface area contributed by atoms with Gasteiger partial charge in [-0.15, -0.1) is 5.92 Å². The maximum absolute atomic E-state index is 11.8. The van der Waals surface area contributed by atoms with Crippen LogP contribution in [0.4, 0.5) is 0 Å². The summed E-state index contributed by atoms with van der Waals surface area (Å²) in [4.78, 5) is 24.9. The molecule has 1 fully saturated rings. The van der Waals surface area contributed by atoms with Gasteiger partial charge in [0, 0.05) is 0 Å². The van der Waals surface area contributed by atoms with E-state index in [9.17, 15) is 19.8 Å². The van der Waals surface area contributed by atoms with E-state index in [2.05, 4.69) is 16.9 Å². The first-order chi connectivity index (χ1) is 9.81. The predicted molar refractivity (Wildman–Crippen MR) is 71.1 cm³/mol. The number of aromatic amines is 1. The van der Waals surface area contributed by atoms with Gasteiger partial charge < -0.3 is 20.7 Å². The molecule has 9 nitrogen and oxygen atoms in total. The van der Waals surface area contributed by atoms with Gasteiger partial charge in [0.2, 0.25) is 0 Å². The normalized spacial score (nSPS) is 33.3. The number of nitrogens with one attached hydrogen (secondary N) is 1. The fraction of sp³-hybridized carbons (Fsp3) is 0.583. The lowest BCUT2D eigenvalue weighted by Gasteiger charge is -2.27. The van der Waals surface area contributed by atoms with E-state index in [1.54, 1.807) is 0 Å². The van der Waals surface area contributed by atoms with Crippen molar-refractivity contribution in [1.29, 1.82) is 0 Å². The number of H-pyrrole nitrogens is 1. The Labute approximate surface area is 119 Å². The van der Waals surface area contributed by atoms with E-state index in [0.29, 0.717) is 0 Å². The summed E-state index contributed by atoms with van der Waals surface area (Å²) in [6.45, 7) is 2.93. The topological polar surface area (TPSA) is 143 Å². The van der Waals surface area contributed by atoms with Crippen LogP contribution in [0.5, 0.6) is 0 Å². The average molecular weight is 296 g/mol. The average Bonchev–Trinajstić information content (AvgIpc) is 2.64. The molecule has 0 radical (unpaired) electrons. The minimum atomic E-state index is -1.65. The number of rotatable bonds is 2. The molecule has 5 N–H and O–H groups in total. The Morgan fingerprint density at radius 3 is 2.81 bits per heavy atom. The zero-order chi connectivity index (χ0) is 15.8. The summed E-state index contributed by atoms with van der Waals surface area (Å²) in [5.41, 5.74) is 2.90. The smallest absolute Gasteiger partial charge is 0.347 e. The Balaban J connectivity index is 2.56. The number of aromatic nitrogens is 3. The van der Waals surface area contributed by atoms with Crippen LogP contribution >= 0.6 is 0 Å². The summed E-state index contributed by atoms with van der Waals surface area (Å²) in [6, 6.07) is 0. The van der Waals surface area contributed by atoms with Crippen molar-refractivity contribution < 1.29 is 14.9 Å². The van der Waals surface area contributed by atoms with Gasteiger partial charge in [-0.2, -0.15) is 9.78 Å². The van der Waals surface area contributed by atoms with E-state index in [-0.39, 0.29) is 0 Å². The lowest BCUT2D eigenvalue weighted by atomic mass is 9.90. The number of nitrogens with two attached hydrogens (primary N) is 1. The first-order valence-corrected chi connectivity index (χ1v) is 6.23. The molecule has 1 aliphatic heterocycles. The van der Waals surface area contributed by atoms with Crippen LogP contribution in [0.3, 0.4) is 0 Å². The molecular formula is C12H16N4O5. The van der Waals surface area contributed by atoms with Gasteiger partial charge in [0.15, 0.2) is 11.8 Å². The molecule has 0 amide bonds. The summed E-state index contributed by atoms with van der Waals surface area (Å²) >= 11 is 0. The Bertz CT molecular complexity index is 700. The van der Waals surface area contributed by atoms with E-state index < -0.39 is 41.3 Å². The highest BCUT2D eigenvalue weighted by Crippen LogP contribution is 2.36. The van der Waals surface area contributed by atoms with Gasteiger partial charge in [0.05, 0.1) is 6.10 Å². The SMILES string of the molecule is CC#CC1(N)[C@@H](O)[C@@H]([C@H](C)O)O[C@H]1n1ncc(=O)[nH]c1=O. The van der Waals surface area contributed by atoms with Gasteiger partial charge in [0.1, 0.15) is 18.4 Å². The van der Waals surface area contributed by atoms with E-state index in [1.165, 1.54) is 13.8 Å². The molecule has 1 saturated heterocycles. The molecule has 5 atom stereocenters. The molecule has 0 aliphatic carbocycles. The van der Waals surface area contributed by atoms with E-state index in [0.717, 1.165) is 10.9 Å². The van der Waals surface area contributed by atoms with Crippen molar-refractivity contribution in [3.8, 4) is 11.8 Å². The highest BCUT2D eigenvalue weighted by atomic mass is 16.6. The zero-order valence-electron chi connectivity index (χ0n) is 11.5. The second-order valence-electron chi connectivity index (χ2n) is 4.83. The molecule has 1 aromatic heterocycles. The zero-order valence-corrected chi connectivity index (χ0v) is 11.5. The Morgan fingerprint density at radius 2 is 2.29 bits per heavy atom. The second kappa shape index (κ2) is 5.42. The Morgan fingerprint density at radius 1 is 1.62 bits per heavy atom. The van der Waals surface area contributed by atoms with Crippen molar-refractivity contribution in [2.24, 2.45) is 5.73 Å². The number of hydrogen-bond acceptors (Lipinski definition) is 7. The lowest BCUT2D eigenvalue weighted by molar-refractivity contribution is -0.0817. The number of aliphatic hydroxyl groups excluding tert-OH is 2. The van der Waals surface area contributed by atoms with Crippen molar-refractivity contribution >= 4 is 0 Å². The van der Waals surface area contributed by atoms with Gasteiger partial charge in [-0.3, -0.25) is 9.78 Å². The third kappa shape index (κ3) is 2.50. The molecule has 9 heteroatoms. The molecule has 2 heterocycles. The number of hydrogen-bond donors (Lipinski definition) is 4. The van der Waals surface area contributed by atoms with Gasteiger partial charge >= 0.3 is 5.69 Å². The van der Waals surface area contributed by atoms with Crippen molar-refractivity contribution in [3.63, 3.8) is 0 Å². The molecule has 0 bridgehead atoms. The van der Waals surface area contributed by atoms with E-state index in [1.807, 2.05) is 4.98 Å². The van der Waals surface area contributed by atoms with Crippen LogP contribution in [0, 0.1) is 11.8 Å². The lowest BCUT2D eigenvalue weighted by Crippen LogP contribution is -2.56. The fourth-order valence-corrected chi connectivity index (χ4v) is 2.27. The predicted octanol–water partition coefficient (Wildman–Crippen LogP) is -2.71. The largest absolute Gasteiger partial charge is 0.391 e. The first kappa shape index (κ1) is 15.4. The number of nitrogens with zero attached hydrogens (tertiary/aromatic N) is 2.